The van der Waals surface area contributed by atoms with E-state index < -0.39 is 9.98 Å². The van der Waals surface area contributed by atoms with Crippen LogP contribution in [0.2, 0.25) is 0 Å². The van der Waals surface area contributed by atoms with E-state index in [1.807, 2.05) is 13.6 Å². The van der Waals surface area contributed by atoms with E-state index in [2.05, 4.69) is 0 Å². The molecule has 0 spiro atoms. The summed E-state index contributed by atoms with van der Waals surface area (Å²) in [5, 5.41) is 0. The first kappa shape index (κ1) is 6.45. The lowest BCUT2D eigenvalue weighted by Gasteiger charge is -1.71. The summed E-state index contributed by atoms with van der Waals surface area (Å²) >= 11 is 0. The molecule has 0 rings (SSSR count). The van der Waals surface area contributed by atoms with Gasteiger partial charge in [0.25, 0.3) is 0 Å². The summed E-state index contributed by atoms with van der Waals surface area (Å²) in [5.41, 5.74) is 0. The third-order valence-electron chi connectivity index (χ3n) is 0.494. The Hall–Kier alpha value is 0.450. The van der Waals surface area contributed by atoms with Crippen LogP contribution in [-0.2, 0) is 9.98 Å². The van der Waals surface area contributed by atoms with Crippen LogP contribution in [-0.4, -0.2) is 16.6 Å². The van der Waals surface area contributed by atoms with Crippen molar-refractivity contribution in [2.24, 2.45) is 0 Å². The molecule has 0 aliphatic rings. The number of hydrogen-bond acceptors (Lipinski definition) is 1. The van der Waals surface area contributed by atoms with E-state index in [1.165, 1.54) is 0 Å². The van der Waals surface area contributed by atoms with Gasteiger partial charge in [0.2, 0.25) is 0 Å². The molecule has 0 N–H and O–H groups in total. The molecule has 0 bridgehead atoms. The topological polar surface area (TPSA) is 17.1 Å². The van der Waals surface area contributed by atoms with Gasteiger partial charge in [0.15, 0.2) is 0 Å². The van der Waals surface area contributed by atoms with Crippen molar-refractivity contribution in [1.82, 2.24) is 0 Å². The van der Waals surface area contributed by atoms with Crippen LogP contribution in [0.25, 0.3) is 0 Å². The van der Waals surface area contributed by atoms with Crippen LogP contribution in [0.4, 0.5) is 0 Å². The third-order valence-corrected chi connectivity index (χ3v) is 3.67. The van der Waals surface area contributed by atoms with Crippen LogP contribution in [0.5, 0.6) is 0 Å². The summed E-state index contributed by atoms with van der Waals surface area (Å²) in [7, 11) is 0.184. The van der Waals surface area contributed by atoms with Gasteiger partial charge in [-0.15, -0.1) is 0 Å². The fourth-order valence-corrected chi connectivity index (χ4v) is 1.27. The van der Waals surface area contributed by atoms with E-state index in [1.54, 1.807) is 0 Å². The average Bonchev–Trinajstić information content (AvgIpc) is 1.65. The van der Waals surface area contributed by atoms with Gasteiger partial charge in [-0.2, -0.15) is 0 Å². The maximum Gasteiger partial charge on any atom is 0.0145 e. The average molecular weight is 124 g/mol. The first-order valence-corrected chi connectivity index (χ1v) is 5.35. The van der Waals surface area contributed by atoms with E-state index in [-0.39, 0.29) is 0 Å². The third kappa shape index (κ3) is 2.67. The van der Waals surface area contributed by atoms with Crippen LogP contribution in [0.3, 0.4) is 0 Å². The molecule has 0 aromatic carbocycles. The molecule has 1 unspecified atom stereocenters. The molecule has 0 amide bonds. The Balaban J connectivity index is 3.54. The minimum absolute atomic E-state index is 0.827. The van der Waals surface area contributed by atoms with E-state index in [0.717, 1.165) is 13.1 Å². The second-order valence-electron chi connectivity index (χ2n) is 0.868. The molecule has 0 aliphatic heterocycles. The Morgan fingerprint density at radius 1 is 1.83 bits per heavy atom. The molecule has 0 aromatic rings. The monoisotopic (exact) mass is 124 g/mol. The Labute approximate surface area is 41.6 Å². The van der Waals surface area contributed by atoms with Crippen molar-refractivity contribution >= 4 is 17.3 Å². The highest BCUT2D eigenvalue weighted by Crippen LogP contribution is 1.87. The maximum atomic E-state index is 10.3. The highest BCUT2D eigenvalue weighted by atomic mass is 32.5. The van der Waals surface area contributed by atoms with Gasteiger partial charge in [-0.25, -0.2) is 0 Å². The van der Waals surface area contributed by atoms with Crippen LogP contribution < -0.4 is 0 Å². The molecular formula is C3H9OPS. The number of hydrogen-bond donors (Lipinski definition) is 1. The molecule has 3 heteroatoms. The highest BCUT2D eigenvalue weighted by Gasteiger charge is 1.65. The largest absolute Gasteiger partial charge is 0.266 e. The Bertz CT molecular complexity index is 93.0. The highest BCUT2D eigenvalue weighted by molar-refractivity contribution is 8.12. The van der Waals surface area contributed by atoms with Gasteiger partial charge in [-0.1, -0.05) is 6.92 Å². The zero-order valence-electron chi connectivity index (χ0n) is 4.01. The van der Waals surface area contributed by atoms with E-state index >= 15 is 0 Å². The zero-order chi connectivity index (χ0) is 4.99. The first-order chi connectivity index (χ1) is 2.81. The molecule has 0 saturated carbocycles. The predicted molar refractivity (Wildman–Crippen MR) is 32.9 cm³/mol. The van der Waals surface area contributed by atoms with Gasteiger partial charge in [0.1, 0.15) is 0 Å². The number of thiol groups is 1. The molecule has 0 saturated heterocycles. The minimum Gasteiger partial charge on any atom is -0.266 e. The molecule has 0 fully saturated rings. The van der Waals surface area contributed by atoms with Gasteiger partial charge in [0, 0.05) is 5.75 Å². The van der Waals surface area contributed by atoms with Crippen molar-refractivity contribution in [3.05, 3.63) is 0 Å². The Kier molecular flexibility index (Phi) is 3.91. The van der Waals surface area contributed by atoms with Crippen LogP contribution in [0.15, 0.2) is 0 Å². The molecule has 38 valence electrons. The van der Waals surface area contributed by atoms with Gasteiger partial charge < -0.3 is 0 Å². The van der Waals surface area contributed by atoms with Crippen LogP contribution >= 0.6 is 7.36 Å². The summed E-state index contributed by atoms with van der Waals surface area (Å²) < 4.78 is 10.3. The van der Waals surface area contributed by atoms with Gasteiger partial charge >= 0.3 is 0 Å². The van der Waals surface area contributed by atoms with Crippen molar-refractivity contribution in [1.29, 1.82) is 0 Å². The molecule has 0 aromatic heterocycles. The normalized spacial score (nSPS) is 15.0. The lowest BCUT2D eigenvalue weighted by atomic mass is 11.0. The van der Waals surface area contributed by atoms with Crippen molar-refractivity contribution in [3.63, 3.8) is 0 Å². The summed E-state index contributed by atoms with van der Waals surface area (Å²) in [6, 6.07) is 0. The fourth-order valence-electron chi connectivity index (χ4n) is 0.141. The fraction of sp³-hybridized carbons (Fsp3) is 1.00. The smallest absolute Gasteiger partial charge is 0.0145 e. The summed E-state index contributed by atoms with van der Waals surface area (Å²) in [6.45, 7) is 3.86. The molecule has 6 heavy (non-hydrogen) atoms. The SMILES string of the molecule is CC[SH](=O)=PC. The lowest BCUT2D eigenvalue weighted by molar-refractivity contribution is 0.693. The van der Waals surface area contributed by atoms with E-state index in [4.69, 9.17) is 0 Å². The number of rotatable bonds is 1. The Morgan fingerprint density at radius 2 is 2.33 bits per heavy atom. The van der Waals surface area contributed by atoms with Crippen molar-refractivity contribution in [2.75, 3.05) is 12.4 Å². The molecule has 1 nitrogen and oxygen atoms in total. The van der Waals surface area contributed by atoms with Crippen LogP contribution in [0.1, 0.15) is 6.92 Å². The standard InChI is InChI=1S/C3H9OPS/c1-3-6(4)5-2/h6H,3H2,1-2H3. The quantitative estimate of drug-likeness (QED) is 0.407. The molecule has 1 atom stereocenters. The zero-order valence-corrected chi connectivity index (χ0v) is 5.80. The summed E-state index contributed by atoms with van der Waals surface area (Å²) in [5.74, 6) is 0.827. The predicted octanol–water partition coefficient (Wildman–Crippen LogP) is 0.978. The van der Waals surface area contributed by atoms with Gasteiger partial charge in [-0.3, -0.25) is 4.21 Å². The maximum absolute atomic E-state index is 10.3. The summed E-state index contributed by atoms with van der Waals surface area (Å²) in [6.07, 6.45) is 0. The van der Waals surface area contributed by atoms with E-state index in [9.17, 15) is 4.21 Å². The van der Waals surface area contributed by atoms with Crippen molar-refractivity contribution in [2.45, 2.75) is 6.92 Å². The van der Waals surface area contributed by atoms with Crippen molar-refractivity contribution in [3.8, 4) is 0 Å². The molecule has 0 heterocycles. The van der Waals surface area contributed by atoms with Crippen molar-refractivity contribution < 1.29 is 4.21 Å². The van der Waals surface area contributed by atoms with E-state index in [0.29, 0.717) is 0 Å². The lowest BCUT2D eigenvalue weighted by Crippen LogP contribution is -1.69. The Morgan fingerprint density at radius 3 is 2.33 bits per heavy atom. The second kappa shape index (κ2) is 3.63. The molecule has 0 radical (unpaired) electrons. The molecule has 0 aliphatic carbocycles. The molecular weight excluding hydrogens is 115 g/mol. The van der Waals surface area contributed by atoms with Gasteiger partial charge in [0.05, 0.1) is 0 Å². The second-order valence-corrected chi connectivity index (χ2v) is 5.14. The summed E-state index contributed by atoms with van der Waals surface area (Å²) in [4.78, 5) is 0. The van der Waals surface area contributed by atoms with Crippen LogP contribution in [0, 0.1) is 0 Å². The first-order valence-electron chi connectivity index (χ1n) is 1.85. The minimum atomic E-state index is -0.854. The van der Waals surface area contributed by atoms with Gasteiger partial charge in [-0.05, 0) is 24.0 Å².